The standard InChI is InChI=1S/C13H18N4O2/c14-12(18)17-6-9-2-1-5-13(9,7-17)11-16-15-10(19-11)8-3-4-8/h8-9H,1-7H2,(H2,14,18)/t9-,13-/m1/s1. The zero-order chi connectivity index (χ0) is 13.0. The lowest BCUT2D eigenvalue weighted by Gasteiger charge is -2.23. The molecule has 3 aliphatic rings. The van der Waals surface area contributed by atoms with Crippen LogP contribution in [0.3, 0.4) is 0 Å². The molecule has 1 aliphatic heterocycles. The summed E-state index contributed by atoms with van der Waals surface area (Å²) in [6.45, 7) is 1.37. The Morgan fingerprint density at radius 2 is 2.21 bits per heavy atom. The van der Waals surface area contributed by atoms with Gasteiger partial charge in [-0.1, -0.05) is 6.42 Å². The van der Waals surface area contributed by atoms with Gasteiger partial charge in [0.15, 0.2) is 0 Å². The molecule has 1 aromatic rings. The Morgan fingerprint density at radius 3 is 2.95 bits per heavy atom. The molecule has 4 rings (SSSR count). The summed E-state index contributed by atoms with van der Waals surface area (Å²) >= 11 is 0. The molecule has 2 N–H and O–H groups in total. The highest BCUT2D eigenvalue weighted by Gasteiger charge is 2.55. The van der Waals surface area contributed by atoms with Crippen molar-refractivity contribution in [2.45, 2.75) is 43.4 Å². The first-order valence-corrected chi connectivity index (χ1v) is 7.07. The van der Waals surface area contributed by atoms with Gasteiger partial charge in [0.2, 0.25) is 11.8 Å². The third kappa shape index (κ3) is 1.58. The Bertz CT molecular complexity index is 524. The lowest BCUT2D eigenvalue weighted by molar-refractivity contribution is 0.211. The monoisotopic (exact) mass is 262 g/mol. The Labute approximate surface area is 111 Å². The van der Waals surface area contributed by atoms with Crippen LogP contribution in [0.25, 0.3) is 0 Å². The minimum Gasteiger partial charge on any atom is -0.424 e. The molecule has 1 saturated heterocycles. The third-order valence-corrected chi connectivity index (χ3v) is 4.98. The Kier molecular flexibility index (Phi) is 2.20. The van der Waals surface area contributed by atoms with Gasteiger partial charge in [-0.3, -0.25) is 0 Å². The summed E-state index contributed by atoms with van der Waals surface area (Å²) in [5.41, 5.74) is 5.29. The van der Waals surface area contributed by atoms with E-state index in [2.05, 4.69) is 10.2 Å². The van der Waals surface area contributed by atoms with Gasteiger partial charge in [-0.2, -0.15) is 0 Å². The first-order chi connectivity index (χ1) is 9.19. The fraction of sp³-hybridized carbons (Fsp3) is 0.769. The van der Waals surface area contributed by atoms with Crippen LogP contribution >= 0.6 is 0 Å². The second-order valence-corrected chi connectivity index (χ2v) is 6.18. The normalized spacial score (nSPS) is 33.7. The van der Waals surface area contributed by atoms with E-state index in [1.54, 1.807) is 4.90 Å². The lowest BCUT2D eigenvalue weighted by Crippen LogP contribution is -2.37. The number of hydrogen-bond donors (Lipinski definition) is 1. The third-order valence-electron chi connectivity index (χ3n) is 4.98. The predicted octanol–water partition coefficient (Wildman–Crippen LogP) is 1.38. The maximum atomic E-state index is 11.4. The minimum absolute atomic E-state index is 0.130. The van der Waals surface area contributed by atoms with Crippen molar-refractivity contribution in [2.24, 2.45) is 11.7 Å². The average molecular weight is 262 g/mol. The van der Waals surface area contributed by atoms with Crippen molar-refractivity contribution in [3.63, 3.8) is 0 Å². The number of amides is 2. The molecule has 0 unspecified atom stereocenters. The number of aromatic nitrogens is 2. The predicted molar refractivity (Wildman–Crippen MR) is 66.4 cm³/mol. The zero-order valence-electron chi connectivity index (χ0n) is 10.8. The van der Waals surface area contributed by atoms with E-state index in [9.17, 15) is 4.79 Å². The number of nitrogens with zero attached hydrogens (tertiary/aromatic N) is 3. The number of primary amides is 1. The first-order valence-electron chi connectivity index (χ1n) is 7.07. The molecule has 102 valence electrons. The minimum atomic E-state index is -0.337. The van der Waals surface area contributed by atoms with Gasteiger partial charge >= 0.3 is 6.03 Å². The summed E-state index contributed by atoms with van der Waals surface area (Å²) in [4.78, 5) is 13.1. The molecule has 2 heterocycles. The van der Waals surface area contributed by atoms with Crippen LogP contribution in [0, 0.1) is 5.92 Å². The number of carbonyl (C=O) groups is 1. The van der Waals surface area contributed by atoms with E-state index in [0.717, 1.165) is 44.0 Å². The van der Waals surface area contributed by atoms with Crippen molar-refractivity contribution in [1.29, 1.82) is 0 Å². The molecule has 0 spiro atoms. The van der Waals surface area contributed by atoms with E-state index < -0.39 is 0 Å². The van der Waals surface area contributed by atoms with Crippen LogP contribution in [0.2, 0.25) is 0 Å². The highest BCUT2D eigenvalue weighted by molar-refractivity contribution is 5.72. The fourth-order valence-corrected chi connectivity index (χ4v) is 3.74. The van der Waals surface area contributed by atoms with Gasteiger partial charge in [0.1, 0.15) is 0 Å². The molecule has 6 heteroatoms. The van der Waals surface area contributed by atoms with Crippen molar-refractivity contribution < 1.29 is 9.21 Å². The van der Waals surface area contributed by atoms with Crippen molar-refractivity contribution in [3.05, 3.63) is 11.8 Å². The van der Waals surface area contributed by atoms with Crippen LogP contribution in [0.15, 0.2) is 4.42 Å². The number of hydrogen-bond acceptors (Lipinski definition) is 4. The van der Waals surface area contributed by atoms with Gasteiger partial charge in [0, 0.05) is 19.0 Å². The van der Waals surface area contributed by atoms with Gasteiger partial charge in [-0.05, 0) is 31.6 Å². The maximum absolute atomic E-state index is 11.4. The average Bonchev–Trinajstić information content (AvgIpc) is 2.85. The summed E-state index contributed by atoms with van der Waals surface area (Å²) in [6.07, 6.45) is 5.62. The molecule has 0 bridgehead atoms. The second-order valence-electron chi connectivity index (χ2n) is 6.18. The van der Waals surface area contributed by atoms with Crippen molar-refractivity contribution >= 4 is 6.03 Å². The van der Waals surface area contributed by atoms with Gasteiger partial charge in [-0.25, -0.2) is 4.79 Å². The van der Waals surface area contributed by atoms with Crippen LogP contribution in [0.4, 0.5) is 4.79 Å². The van der Waals surface area contributed by atoms with E-state index in [1.165, 1.54) is 6.42 Å². The molecule has 2 atom stereocenters. The second kappa shape index (κ2) is 3.71. The van der Waals surface area contributed by atoms with Crippen LogP contribution in [-0.4, -0.2) is 34.2 Å². The SMILES string of the molecule is NC(=O)N1C[C@H]2CCC[C@@]2(c2nnc(C3CC3)o2)C1. The van der Waals surface area contributed by atoms with Crippen molar-refractivity contribution in [2.75, 3.05) is 13.1 Å². The van der Waals surface area contributed by atoms with Crippen LogP contribution in [0.1, 0.15) is 49.8 Å². The number of urea groups is 1. The van der Waals surface area contributed by atoms with Crippen LogP contribution < -0.4 is 5.73 Å². The molecule has 3 fully saturated rings. The quantitative estimate of drug-likeness (QED) is 0.872. The van der Waals surface area contributed by atoms with E-state index in [4.69, 9.17) is 10.2 Å². The summed E-state index contributed by atoms with van der Waals surface area (Å²) in [5, 5.41) is 8.49. The number of nitrogens with two attached hydrogens (primary N) is 1. The van der Waals surface area contributed by atoms with Crippen molar-refractivity contribution in [3.8, 4) is 0 Å². The molecular weight excluding hydrogens is 244 g/mol. The van der Waals surface area contributed by atoms with Crippen LogP contribution in [-0.2, 0) is 5.41 Å². The maximum Gasteiger partial charge on any atom is 0.314 e. The Balaban J connectivity index is 1.67. The van der Waals surface area contributed by atoms with Gasteiger partial charge in [-0.15, -0.1) is 10.2 Å². The largest absolute Gasteiger partial charge is 0.424 e. The highest BCUT2D eigenvalue weighted by Crippen LogP contribution is 2.50. The summed E-state index contributed by atoms with van der Waals surface area (Å²) in [5.74, 6) is 2.42. The molecule has 0 aromatic carbocycles. The molecule has 2 saturated carbocycles. The molecule has 2 aliphatic carbocycles. The summed E-state index contributed by atoms with van der Waals surface area (Å²) in [6, 6.07) is -0.337. The highest BCUT2D eigenvalue weighted by atomic mass is 16.4. The number of likely N-dealkylation sites (tertiary alicyclic amines) is 1. The Morgan fingerprint density at radius 1 is 1.37 bits per heavy atom. The van der Waals surface area contributed by atoms with E-state index in [-0.39, 0.29) is 11.4 Å². The molecule has 6 nitrogen and oxygen atoms in total. The summed E-state index contributed by atoms with van der Waals surface area (Å²) in [7, 11) is 0. The van der Waals surface area contributed by atoms with Gasteiger partial charge < -0.3 is 15.1 Å². The topological polar surface area (TPSA) is 85.3 Å². The molecule has 2 amide bonds. The molecular formula is C13H18N4O2. The molecule has 0 radical (unpaired) electrons. The number of carbonyl (C=O) groups excluding carboxylic acids is 1. The molecule has 19 heavy (non-hydrogen) atoms. The lowest BCUT2D eigenvalue weighted by atomic mass is 9.80. The van der Waals surface area contributed by atoms with Crippen LogP contribution in [0.5, 0.6) is 0 Å². The number of fused-ring (bicyclic) bond motifs is 1. The Hall–Kier alpha value is -1.59. The zero-order valence-corrected chi connectivity index (χ0v) is 10.8. The van der Waals surface area contributed by atoms with Gasteiger partial charge in [0.05, 0.1) is 5.41 Å². The van der Waals surface area contributed by atoms with Gasteiger partial charge in [0.25, 0.3) is 0 Å². The van der Waals surface area contributed by atoms with Crippen molar-refractivity contribution in [1.82, 2.24) is 15.1 Å². The smallest absolute Gasteiger partial charge is 0.314 e. The van der Waals surface area contributed by atoms with E-state index >= 15 is 0 Å². The van der Waals surface area contributed by atoms with E-state index in [0.29, 0.717) is 18.4 Å². The fourth-order valence-electron chi connectivity index (χ4n) is 3.74. The molecule has 1 aromatic heterocycles. The first kappa shape index (κ1) is 11.3. The summed E-state index contributed by atoms with van der Waals surface area (Å²) < 4.78 is 5.92. The number of rotatable bonds is 2. The van der Waals surface area contributed by atoms with E-state index in [1.807, 2.05) is 0 Å².